The van der Waals surface area contributed by atoms with Crippen molar-refractivity contribution < 1.29 is 14.3 Å². The topological polar surface area (TPSA) is 47.6 Å². The second-order valence-corrected chi connectivity index (χ2v) is 8.96. The molecule has 1 aliphatic heterocycles. The average molecular weight is 404 g/mol. The lowest BCUT2D eigenvalue weighted by molar-refractivity contribution is 0.0940. The minimum atomic E-state index is -0.136. The Bertz CT molecular complexity index is 773. The van der Waals surface area contributed by atoms with Crippen molar-refractivity contribution in [2.45, 2.75) is 24.5 Å². The van der Waals surface area contributed by atoms with Crippen LogP contribution in [0.25, 0.3) is 0 Å². The molecule has 0 radical (unpaired) electrons. The van der Waals surface area contributed by atoms with Gasteiger partial charge in [0, 0.05) is 17.1 Å². The fraction of sp³-hybridized carbons (Fsp3) is 0.381. The van der Waals surface area contributed by atoms with Gasteiger partial charge in [-0.25, -0.2) is 0 Å². The number of benzene rings is 2. The largest absolute Gasteiger partial charge is 0.493 e. The summed E-state index contributed by atoms with van der Waals surface area (Å²) in [4.78, 5) is 12.6. The highest BCUT2D eigenvalue weighted by molar-refractivity contribution is 8.19. The van der Waals surface area contributed by atoms with Crippen LogP contribution in [0.1, 0.15) is 46.0 Å². The molecule has 0 saturated carbocycles. The summed E-state index contributed by atoms with van der Waals surface area (Å²) in [5.41, 5.74) is 2.93. The molecule has 0 aliphatic carbocycles. The fourth-order valence-electron chi connectivity index (χ4n) is 2.93. The first-order chi connectivity index (χ1) is 13.1. The third-order valence-corrected chi connectivity index (χ3v) is 7.51. The first kappa shape index (κ1) is 20.0. The molecule has 1 aliphatic rings. The summed E-state index contributed by atoms with van der Waals surface area (Å²) in [7, 11) is 1.62. The van der Waals surface area contributed by atoms with Crippen LogP contribution in [0.3, 0.4) is 0 Å². The van der Waals surface area contributed by atoms with Gasteiger partial charge in [-0.1, -0.05) is 18.2 Å². The Kier molecular flexibility index (Phi) is 6.96. The molecule has 0 aromatic heterocycles. The van der Waals surface area contributed by atoms with E-state index in [-0.39, 0.29) is 11.9 Å². The number of hydrogen-bond donors (Lipinski definition) is 1. The molecule has 1 fully saturated rings. The zero-order valence-electron chi connectivity index (χ0n) is 15.9. The van der Waals surface area contributed by atoms with Crippen molar-refractivity contribution in [1.82, 2.24) is 5.32 Å². The second-order valence-electron chi connectivity index (χ2n) is 6.23. The van der Waals surface area contributed by atoms with Crippen LogP contribution in [0.2, 0.25) is 0 Å². The number of rotatable bonds is 7. The number of carbonyl (C=O) groups is 1. The van der Waals surface area contributed by atoms with Crippen LogP contribution >= 0.6 is 23.5 Å². The SMILES string of the molecule is CCOc1ccc(C(C)NC(=O)c2ccc(C3SCCS3)cc2)cc1OC. The van der Waals surface area contributed by atoms with Gasteiger partial charge in [0.05, 0.1) is 24.3 Å². The van der Waals surface area contributed by atoms with Crippen molar-refractivity contribution >= 4 is 29.4 Å². The summed E-state index contributed by atoms with van der Waals surface area (Å²) in [6.07, 6.45) is 0. The third-order valence-electron chi connectivity index (χ3n) is 4.40. The predicted molar refractivity (Wildman–Crippen MR) is 114 cm³/mol. The van der Waals surface area contributed by atoms with E-state index in [1.165, 1.54) is 17.1 Å². The van der Waals surface area contributed by atoms with Crippen LogP contribution in [0.4, 0.5) is 0 Å². The molecule has 6 heteroatoms. The molecule has 1 saturated heterocycles. The normalized spacial score (nSPS) is 15.4. The molecule has 0 bridgehead atoms. The number of carbonyl (C=O) groups excluding carboxylic acids is 1. The number of methoxy groups -OCH3 is 1. The number of nitrogens with one attached hydrogen (secondary N) is 1. The highest BCUT2D eigenvalue weighted by atomic mass is 32.2. The molecular weight excluding hydrogens is 378 g/mol. The monoisotopic (exact) mass is 403 g/mol. The maximum Gasteiger partial charge on any atom is 0.251 e. The van der Waals surface area contributed by atoms with Crippen molar-refractivity contribution in [3.8, 4) is 11.5 Å². The molecule has 3 rings (SSSR count). The maximum absolute atomic E-state index is 12.6. The summed E-state index contributed by atoms with van der Waals surface area (Å²) in [5, 5.41) is 3.06. The Hall–Kier alpha value is -1.79. The molecule has 2 aromatic carbocycles. The smallest absolute Gasteiger partial charge is 0.251 e. The van der Waals surface area contributed by atoms with E-state index in [9.17, 15) is 4.79 Å². The standard InChI is InChI=1S/C21H25NO3S2/c1-4-25-18-10-9-17(13-19(18)24-3)14(2)22-20(23)15-5-7-16(8-6-15)21-26-11-12-27-21/h5-10,13-14,21H,4,11-12H2,1-3H3,(H,22,23). The van der Waals surface area contributed by atoms with E-state index in [1.54, 1.807) is 7.11 Å². The Morgan fingerprint density at radius 1 is 1.15 bits per heavy atom. The van der Waals surface area contributed by atoms with Gasteiger partial charge in [0.25, 0.3) is 5.91 Å². The molecule has 0 spiro atoms. The van der Waals surface area contributed by atoms with Crippen LogP contribution in [-0.2, 0) is 0 Å². The van der Waals surface area contributed by atoms with Crippen molar-refractivity contribution in [2.75, 3.05) is 25.2 Å². The van der Waals surface area contributed by atoms with Gasteiger partial charge >= 0.3 is 0 Å². The number of amides is 1. The van der Waals surface area contributed by atoms with Crippen molar-refractivity contribution in [2.24, 2.45) is 0 Å². The van der Waals surface area contributed by atoms with Gasteiger partial charge in [-0.3, -0.25) is 4.79 Å². The fourth-order valence-corrected chi connectivity index (χ4v) is 5.79. The van der Waals surface area contributed by atoms with E-state index < -0.39 is 0 Å². The van der Waals surface area contributed by atoms with Gasteiger partial charge in [0.2, 0.25) is 0 Å². The summed E-state index contributed by atoms with van der Waals surface area (Å²) in [5.74, 6) is 3.70. The van der Waals surface area contributed by atoms with Crippen LogP contribution in [0, 0.1) is 0 Å². The molecule has 1 amide bonds. The molecule has 1 unspecified atom stereocenters. The zero-order valence-corrected chi connectivity index (χ0v) is 17.5. The van der Waals surface area contributed by atoms with E-state index in [0.29, 0.717) is 28.3 Å². The quantitative estimate of drug-likeness (QED) is 0.700. The Morgan fingerprint density at radius 2 is 1.85 bits per heavy atom. The molecule has 144 valence electrons. The van der Waals surface area contributed by atoms with Crippen LogP contribution in [-0.4, -0.2) is 31.1 Å². The summed E-state index contributed by atoms with van der Waals surface area (Å²) >= 11 is 3.93. The minimum Gasteiger partial charge on any atom is -0.493 e. The van der Waals surface area contributed by atoms with Crippen molar-refractivity contribution in [3.05, 3.63) is 59.2 Å². The molecule has 27 heavy (non-hydrogen) atoms. The number of hydrogen-bond acceptors (Lipinski definition) is 5. The number of thioether (sulfide) groups is 2. The summed E-state index contributed by atoms with van der Waals surface area (Å²) in [6, 6.07) is 13.6. The maximum atomic E-state index is 12.6. The van der Waals surface area contributed by atoms with Crippen molar-refractivity contribution in [1.29, 1.82) is 0 Å². The van der Waals surface area contributed by atoms with Gasteiger partial charge in [-0.15, -0.1) is 23.5 Å². The lowest BCUT2D eigenvalue weighted by Gasteiger charge is -2.17. The Labute approximate surface area is 169 Å². The molecule has 2 aromatic rings. The molecule has 1 heterocycles. The van der Waals surface area contributed by atoms with E-state index in [0.717, 1.165) is 5.56 Å². The Morgan fingerprint density at radius 3 is 2.48 bits per heavy atom. The first-order valence-corrected chi connectivity index (χ1v) is 11.2. The van der Waals surface area contributed by atoms with Gasteiger partial charge in [0.15, 0.2) is 11.5 Å². The van der Waals surface area contributed by atoms with E-state index >= 15 is 0 Å². The van der Waals surface area contributed by atoms with Gasteiger partial charge in [-0.05, 0) is 49.2 Å². The van der Waals surface area contributed by atoms with Gasteiger partial charge in [0.1, 0.15) is 0 Å². The summed E-state index contributed by atoms with van der Waals surface area (Å²) < 4.78 is 11.4. The summed E-state index contributed by atoms with van der Waals surface area (Å²) in [6.45, 7) is 4.48. The lowest BCUT2D eigenvalue weighted by atomic mass is 10.1. The van der Waals surface area contributed by atoms with Crippen LogP contribution in [0.15, 0.2) is 42.5 Å². The highest BCUT2D eigenvalue weighted by Gasteiger charge is 2.19. The van der Waals surface area contributed by atoms with Crippen LogP contribution < -0.4 is 14.8 Å². The number of ether oxygens (including phenoxy) is 2. The van der Waals surface area contributed by atoms with Crippen LogP contribution in [0.5, 0.6) is 11.5 Å². The first-order valence-electron chi connectivity index (χ1n) is 9.07. The van der Waals surface area contributed by atoms with Gasteiger partial charge in [-0.2, -0.15) is 0 Å². The van der Waals surface area contributed by atoms with Gasteiger partial charge < -0.3 is 14.8 Å². The molecule has 1 N–H and O–H groups in total. The average Bonchev–Trinajstić information content (AvgIpc) is 3.23. The minimum absolute atomic E-state index is 0.0753. The third kappa shape index (κ3) is 4.93. The predicted octanol–water partition coefficient (Wildman–Crippen LogP) is 5.06. The molecular formula is C21H25NO3S2. The van der Waals surface area contributed by atoms with E-state index in [1.807, 2.05) is 67.7 Å². The van der Waals surface area contributed by atoms with Crippen molar-refractivity contribution in [3.63, 3.8) is 0 Å². The van der Waals surface area contributed by atoms with E-state index in [2.05, 4.69) is 17.4 Å². The molecule has 4 nitrogen and oxygen atoms in total. The lowest BCUT2D eigenvalue weighted by Crippen LogP contribution is -2.26. The molecule has 1 atom stereocenters. The zero-order chi connectivity index (χ0) is 19.2. The van der Waals surface area contributed by atoms with E-state index in [4.69, 9.17) is 9.47 Å². The Balaban J connectivity index is 1.66. The second kappa shape index (κ2) is 9.42. The highest BCUT2D eigenvalue weighted by Crippen LogP contribution is 2.45.